The van der Waals surface area contributed by atoms with E-state index in [4.69, 9.17) is 4.74 Å². The zero-order valence-corrected chi connectivity index (χ0v) is 16.3. The molecule has 1 aliphatic carbocycles. The van der Waals surface area contributed by atoms with Gasteiger partial charge in [-0.15, -0.1) is 0 Å². The van der Waals surface area contributed by atoms with Gasteiger partial charge in [-0.1, -0.05) is 43.9 Å². The van der Waals surface area contributed by atoms with E-state index in [1.54, 1.807) is 43.3 Å². The van der Waals surface area contributed by atoms with Crippen LogP contribution in [0.25, 0.3) is 0 Å². The number of carbonyl (C=O) groups excluding carboxylic acids is 2. The van der Waals surface area contributed by atoms with Crippen LogP contribution in [0.1, 0.15) is 55.8 Å². The predicted octanol–water partition coefficient (Wildman–Crippen LogP) is 4.55. The lowest BCUT2D eigenvalue weighted by Gasteiger charge is -2.20. The first-order valence-electron chi connectivity index (χ1n) is 10.1. The second-order valence-corrected chi connectivity index (χ2v) is 7.30. The van der Waals surface area contributed by atoms with Gasteiger partial charge in [-0.2, -0.15) is 0 Å². The average Bonchev–Trinajstić information content (AvgIpc) is 2.98. The van der Waals surface area contributed by atoms with Crippen LogP contribution in [0.3, 0.4) is 0 Å². The van der Waals surface area contributed by atoms with E-state index in [-0.39, 0.29) is 17.9 Å². The Morgan fingerprint density at radius 1 is 0.929 bits per heavy atom. The second kappa shape index (κ2) is 9.93. The van der Waals surface area contributed by atoms with Crippen LogP contribution in [0, 0.1) is 0 Å². The van der Waals surface area contributed by atoms with Crippen LogP contribution < -0.4 is 15.4 Å². The van der Waals surface area contributed by atoms with Gasteiger partial charge in [-0.25, -0.2) is 0 Å². The number of benzene rings is 2. The zero-order chi connectivity index (χ0) is 19.8. The summed E-state index contributed by atoms with van der Waals surface area (Å²) < 4.78 is 5.77. The maximum absolute atomic E-state index is 12.4. The largest absolute Gasteiger partial charge is 0.481 e. The molecule has 0 heterocycles. The lowest BCUT2D eigenvalue weighted by Crippen LogP contribution is -2.42. The molecule has 0 aromatic heterocycles. The van der Waals surface area contributed by atoms with Gasteiger partial charge in [0.1, 0.15) is 5.75 Å². The van der Waals surface area contributed by atoms with Crippen molar-refractivity contribution < 1.29 is 14.3 Å². The molecule has 28 heavy (non-hydrogen) atoms. The van der Waals surface area contributed by atoms with Crippen molar-refractivity contribution in [2.45, 2.75) is 57.6 Å². The van der Waals surface area contributed by atoms with E-state index in [1.165, 1.54) is 25.7 Å². The van der Waals surface area contributed by atoms with Crippen LogP contribution in [0.5, 0.6) is 5.75 Å². The third kappa shape index (κ3) is 5.84. The molecule has 2 N–H and O–H groups in total. The highest BCUT2D eigenvalue weighted by Gasteiger charge is 2.20. The van der Waals surface area contributed by atoms with Crippen LogP contribution in [-0.2, 0) is 4.79 Å². The van der Waals surface area contributed by atoms with Crippen LogP contribution in [0.15, 0.2) is 54.6 Å². The van der Waals surface area contributed by atoms with E-state index in [1.807, 2.05) is 18.2 Å². The molecule has 148 valence electrons. The quantitative estimate of drug-likeness (QED) is 0.723. The van der Waals surface area contributed by atoms with Crippen LogP contribution in [0.4, 0.5) is 5.69 Å². The molecule has 5 nitrogen and oxygen atoms in total. The fraction of sp³-hybridized carbons (Fsp3) is 0.391. The number of rotatable bonds is 6. The Balaban J connectivity index is 1.50. The van der Waals surface area contributed by atoms with Gasteiger partial charge in [-0.3, -0.25) is 9.59 Å². The molecule has 0 spiro atoms. The molecule has 3 rings (SSSR count). The van der Waals surface area contributed by atoms with E-state index in [0.717, 1.165) is 12.8 Å². The zero-order valence-electron chi connectivity index (χ0n) is 16.3. The third-order valence-corrected chi connectivity index (χ3v) is 5.03. The van der Waals surface area contributed by atoms with Crippen molar-refractivity contribution in [3.05, 3.63) is 60.2 Å². The molecular formula is C23H28N2O3. The number of hydrogen-bond acceptors (Lipinski definition) is 3. The summed E-state index contributed by atoms with van der Waals surface area (Å²) in [5.41, 5.74) is 1.28. The Hall–Kier alpha value is -2.82. The first-order valence-corrected chi connectivity index (χ1v) is 10.1. The van der Waals surface area contributed by atoms with Crippen molar-refractivity contribution in [1.29, 1.82) is 0 Å². The minimum atomic E-state index is -0.562. The average molecular weight is 380 g/mol. The van der Waals surface area contributed by atoms with Gasteiger partial charge in [0, 0.05) is 17.3 Å². The number of carbonyl (C=O) groups is 2. The molecule has 1 unspecified atom stereocenters. The van der Waals surface area contributed by atoms with Crippen molar-refractivity contribution in [2.24, 2.45) is 0 Å². The Bertz CT molecular complexity index is 766. The number of ether oxygens (including phenoxy) is 1. The first kappa shape index (κ1) is 19.9. The molecule has 1 fully saturated rings. The Morgan fingerprint density at radius 3 is 2.21 bits per heavy atom. The summed E-state index contributed by atoms with van der Waals surface area (Å²) in [6.45, 7) is 1.76. The molecule has 0 radical (unpaired) electrons. The highest BCUT2D eigenvalue weighted by Crippen LogP contribution is 2.19. The van der Waals surface area contributed by atoms with Gasteiger partial charge in [0.05, 0.1) is 0 Å². The van der Waals surface area contributed by atoms with Crippen molar-refractivity contribution >= 4 is 17.5 Å². The summed E-state index contributed by atoms with van der Waals surface area (Å²) in [5, 5.41) is 5.96. The first-order chi connectivity index (χ1) is 13.6. The topological polar surface area (TPSA) is 67.4 Å². The molecule has 0 saturated heterocycles. The summed E-state index contributed by atoms with van der Waals surface area (Å²) >= 11 is 0. The number of anilines is 1. The van der Waals surface area contributed by atoms with Gasteiger partial charge >= 0.3 is 0 Å². The number of amides is 2. The van der Waals surface area contributed by atoms with Gasteiger partial charge in [0.15, 0.2) is 6.10 Å². The lowest BCUT2D eigenvalue weighted by molar-refractivity contribution is -0.128. The van der Waals surface area contributed by atoms with Crippen LogP contribution in [0.2, 0.25) is 0 Å². The second-order valence-electron chi connectivity index (χ2n) is 7.30. The van der Waals surface area contributed by atoms with Crippen molar-refractivity contribution in [3.63, 3.8) is 0 Å². The van der Waals surface area contributed by atoms with Gasteiger partial charge in [-0.05, 0) is 56.2 Å². The van der Waals surface area contributed by atoms with Crippen LogP contribution in [-0.4, -0.2) is 24.0 Å². The summed E-state index contributed by atoms with van der Waals surface area (Å²) in [7, 11) is 0. The maximum atomic E-state index is 12.4. The predicted molar refractivity (Wildman–Crippen MR) is 111 cm³/mol. The van der Waals surface area contributed by atoms with E-state index in [0.29, 0.717) is 17.0 Å². The molecular weight excluding hydrogens is 352 g/mol. The number of nitrogens with one attached hydrogen (secondary N) is 2. The van der Waals surface area contributed by atoms with E-state index in [9.17, 15) is 9.59 Å². The summed E-state index contributed by atoms with van der Waals surface area (Å²) in [4.78, 5) is 24.6. The van der Waals surface area contributed by atoms with Crippen LogP contribution >= 0.6 is 0 Å². The van der Waals surface area contributed by atoms with Gasteiger partial charge in [0.2, 0.25) is 0 Å². The van der Waals surface area contributed by atoms with E-state index in [2.05, 4.69) is 10.6 Å². The molecule has 2 aromatic rings. The molecule has 1 aliphatic rings. The van der Waals surface area contributed by atoms with E-state index >= 15 is 0 Å². The highest BCUT2D eigenvalue weighted by molar-refractivity contribution is 6.04. The summed E-state index contributed by atoms with van der Waals surface area (Å²) in [6.07, 6.45) is 6.40. The highest BCUT2D eigenvalue weighted by atomic mass is 16.5. The Morgan fingerprint density at radius 2 is 1.57 bits per heavy atom. The molecule has 0 bridgehead atoms. The molecule has 1 atom stereocenters. The summed E-state index contributed by atoms with van der Waals surface area (Å²) in [6, 6.07) is 16.4. The van der Waals surface area contributed by atoms with Crippen molar-refractivity contribution in [2.75, 3.05) is 5.32 Å². The SMILES string of the molecule is CC(Oc1ccc(NC(=O)c2ccccc2)cc1)C(=O)NC1CCCCCC1. The smallest absolute Gasteiger partial charge is 0.260 e. The molecule has 1 saturated carbocycles. The standard InChI is InChI=1S/C23H28N2O3/c1-17(22(26)24-19-11-7-2-3-8-12-19)28-21-15-13-20(14-16-21)25-23(27)18-9-5-4-6-10-18/h4-6,9-10,13-17,19H,2-3,7-8,11-12H2,1H3,(H,24,26)(H,25,27). The Kier molecular flexibility index (Phi) is 7.06. The number of hydrogen-bond donors (Lipinski definition) is 2. The minimum Gasteiger partial charge on any atom is -0.481 e. The van der Waals surface area contributed by atoms with Gasteiger partial charge in [0.25, 0.3) is 11.8 Å². The maximum Gasteiger partial charge on any atom is 0.260 e. The normalized spacial score (nSPS) is 15.9. The van der Waals surface area contributed by atoms with Gasteiger partial charge < -0.3 is 15.4 Å². The lowest BCUT2D eigenvalue weighted by atomic mass is 10.1. The molecule has 5 heteroatoms. The Labute approximate surface area is 166 Å². The summed E-state index contributed by atoms with van der Waals surface area (Å²) in [5.74, 6) is 0.361. The van der Waals surface area contributed by atoms with E-state index < -0.39 is 6.10 Å². The molecule has 0 aliphatic heterocycles. The fourth-order valence-corrected chi connectivity index (χ4v) is 3.41. The van der Waals surface area contributed by atoms with Crippen molar-refractivity contribution in [1.82, 2.24) is 5.32 Å². The third-order valence-electron chi connectivity index (χ3n) is 5.03. The molecule has 2 amide bonds. The molecule has 2 aromatic carbocycles. The fourth-order valence-electron chi connectivity index (χ4n) is 3.41. The minimum absolute atomic E-state index is 0.0756. The monoisotopic (exact) mass is 380 g/mol. The van der Waals surface area contributed by atoms with Crippen molar-refractivity contribution in [3.8, 4) is 5.75 Å².